The molecule has 1 N–H and O–H groups in total. The minimum Gasteiger partial charge on any atom is -0.444 e. The van der Waals surface area contributed by atoms with Gasteiger partial charge in [-0.05, 0) is 36.5 Å². The van der Waals surface area contributed by atoms with Gasteiger partial charge in [0.05, 0.1) is 6.61 Å². The molecule has 1 unspecified atom stereocenters. The second-order valence-electron chi connectivity index (χ2n) is 8.33. The van der Waals surface area contributed by atoms with E-state index < -0.39 is 20.1 Å². The summed E-state index contributed by atoms with van der Waals surface area (Å²) >= 11 is 0. The number of carbonyl (C=O) groups excluding carboxylic acids is 1. The Morgan fingerprint density at radius 3 is 2.52 bits per heavy atom. The Kier molecular flexibility index (Phi) is 5.96. The van der Waals surface area contributed by atoms with Crippen molar-refractivity contribution in [2.24, 2.45) is 0 Å². The third-order valence-electron chi connectivity index (χ3n) is 5.36. The van der Waals surface area contributed by atoms with Crippen molar-refractivity contribution in [3.05, 3.63) is 35.9 Å². The van der Waals surface area contributed by atoms with Crippen LogP contribution in [0.5, 0.6) is 0 Å². The van der Waals surface area contributed by atoms with Gasteiger partial charge in [-0.2, -0.15) is 0 Å². The van der Waals surface area contributed by atoms with E-state index in [-0.39, 0.29) is 18.3 Å². The van der Waals surface area contributed by atoms with E-state index in [4.69, 9.17) is 9.16 Å². The third-order valence-corrected chi connectivity index (χ3v) is 9.84. The average molecular weight is 366 g/mol. The summed E-state index contributed by atoms with van der Waals surface area (Å²) in [6.07, 6.45) is 0.780. The van der Waals surface area contributed by atoms with Crippen molar-refractivity contribution in [3.63, 3.8) is 0 Å². The molecule has 1 fully saturated rings. The molecule has 0 aromatic heterocycles. The van der Waals surface area contributed by atoms with E-state index in [1.165, 1.54) is 4.90 Å². The number of hydrogen-bond donors (Lipinski definition) is 1. The second-order valence-corrected chi connectivity index (χ2v) is 13.1. The molecule has 0 spiro atoms. The lowest BCUT2D eigenvalue weighted by atomic mass is 10.2. The highest BCUT2D eigenvalue weighted by Gasteiger charge is 2.46. The van der Waals surface area contributed by atoms with Gasteiger partial charge in [0.15, 0.2) is 14.0 Å². The van der Waals surface area contributed by atoms with Crippen LogP contribution in [0.3, 0.4) is 0 Å². The number of ether oxygens (including phenoxy) is 1. The topological polar surface area (TPSA) is 59.0 Å². The molecule has 25 heavy (non-hydrogen) atoms. The maximum absolute atomic E-state index is 12.5. The summed E-state index contributed by atoms with van der Waals surface area (Å²) in [4.78, 5) is 13.9. The van der Waals surface area contributed by atoms with Crippen LogP contribution in [0, 0.1) is 0 Å². The number of aliphatic hydroxyl groups is 1. The van der Waals surface area contributed by atoms with Crippen LogP contribution in [0.1, 0.15) is 39.2 Å². The molecule has 2 rings (SSSR count). The van der Waals surface area contributed by atoms with Crippen LogP contribution < -0.4 is 0 Å². The van der Waals surface area contributed by atoms with Crippen LogP contribution in [0.2, 0.25) is 18.1 Å². The minimum atomic E-state index is -1.99. The summed E-state index contributed by atoms with van der Waals surface area (Å²) in [7, 11) is -1.99. The van der Waals surface area contributed by atoms with E-state index in [0.717, 1.165) is 12.0 Å². The zero-order chi connectivity index (χ0) is 18.7. The van der Waals surface area contributed by atoms with Crippen molar-refractivity contribution < 1.29 is 19.1 Å². The smallest absolute Gasteiger partial charge is 0.412 e. The highest BCUT2D eigenvalue weighted by atomic mass is 28.4. The molecule has 1 amide bonds. The van der Waals surface area contributed by atoms with Gasteiger partial charge in [0.1, 0.15) is 6.61 Å². The fraction of sp³-hybridized carbons (Fsp3) is 0.632. The molecular weight excluding hydrogens is 334 g/mol. The number of nitrogens with zero attached hydrogens (tertiary/aromatic N) is 1. The number of carbonyl (C=O) groups is 1. The van der Waals surface area contributed by atoms with E-state index in [2.05, 4.69) is 33.9 Å². The van der Waals surface area contributed by atoms with E-state index in [1.807, 2.05) is 30.3 Å². The van der Waals surface area contributed by atoms with Crippen molar-refractivity contribution >= 4 is 14.4 Å². The average Bonchev–Trinajstić information content (AvgIpc) is 2.93. The SMILES string of the molecule is CC(C)(C)[Si](C)(C)OCC1(O)CCCN1C(=O)OCc1ccccc1. The summed E-state index contributed by atoms with van der Waals surface area (Å²) in [5, 5.41) is 11.0. The van der Waals surface area contributed by atoms with Crippen molar-refractivity contribution in [1.82, 2.24) is 4.90 Å². The molecule has 1 saturated heterocycles. The molecule has 140 valence electrons. The molecule has 0 aliphatic carbocycles. The van der Waals surface area contributed by atoms with Crippen LogP contribution in [-0.2, 0) is 15.8 Å². The second kappa shape index (κ2) is 7.48. The first-order valence-electron chi connectivity index (χ1n) is 8.90. The maximum Gasteiger partial charge on any atom is 0.412 e. The standard InChI is InChI=1S/C19H31NO4Si/c1-18(2,3)25(4,5)24-15-19(22)12-9-13-20(19)17(21)23-14-16-10-7-6-8-11-16/h6-8,10-11,22H,9,12-15H2,1-5H3. The molecule has 0 saturated carbocycles. The Morgan fingerprint density at radius 2 is 1.92 bits per heavy atom. The molecule has 1 aromatic rings. The minimum absolute atomic E-state index is 0.0562. The van der Waals surface area contributed by atoms with Gasteiger partial charge < -0.3 is 14.3 Å². The summed E-state index contributed by atoms with van der Waals surface area (Å²) in [6.45, 7) is 11.6. The predicted molar refractivity (Wildman–Crippen MR) is 101 cm³/mol. The highest BCUT2D eigenvalue weighted by Crippen LogP contribution is 2.38. The first kappa shape index (κ1) is 19.9. The van der Waals surface area contributed by atoms with Crippen LogP contribution in [0.25, 0.3) is 0 Å². The van der Waals surface area contributed by atoms with Gasteiger partial charge in [-0.3, -0.25) is 4.90 Å². The van der Waals surface area contributed by atoms with Crippen LogP contribution in [0.4, 0.5) is 4.79 Å². The van der Waals surface area contributed by atoms with E-state index >= 15 is 0 Å². The zero-order valence-electron chi connectivity index (χ0n) is 16.0. The van der Waals surface area contributed by atoms with Gasteiger partial charge in [0, 0.05) is 6.54 Å². The molecule has 5 nitrogen and oxygen atoms in total. The Bertz CT molecular complexity index is 585. The Labute approximate surface area is 152 Å². The van der Waals surface area contributed by atoms with E-state index in [1.54, 1.807) is 0 Å². The number of amides is 1. The largest absolute Gasteiger partial charge is 0.444 e. The lowest BCUT2D eigenvalue weighted by molar-refractivity contribution is -0.101. The van der Waals surface area contributed by atoms with Crippen LogP contribution >= 0.6 is 0 Å². The van der Waals surface area contributed by atoms with Crippen molar-refractivity contribution in [3.8, 4) is 0 Å². The Hall–Kier alpha value is -1.37. The predicted octanol–water partition coefficient (Wildman–Crippen LogP) is 4.13. The number of rotatable bonds is 5. The number of hydrogen-bond acceptors (Lipinski definition) is 4. The molecular formula is C19H31NO4Si. The van der Waals surface area contributed by atoms with Crippen molar-refractivity contribution in [2.45, 2.75) is 64.1 Å². The Balaban J connectivity index is 1.96. The van der Waals surface area contributed by atoms with Crippen LogP contribution in [0.15, 0.2) is 30.3 Å². The van der Waals surface area contributed by atoms with E-state index in [9.17, 15) is 9.90 Å². The lowest BCUT2D eigenvalue weighted by Gasteiger charge is -2.40. The van der Waals surface area contributed by atoms with Gasteiger partial charge in [-0.25, -0.2) is 4.79 Å². The molecule has 0 bridgehead atoms. The molecule has 0 radical (unpaired) electrons. The summed E-state index contributed by atoms with van der Waals surface area (Å²) in [5.41, 5.74) is -0.348. The zero-order valence-corrected chi connectivity index (χ0v) is 17.0. The third kappa shape index (κ3) is 4.83. The van der Waals surface area contributed by atoms with Gasteiger partial charge in [0.2, 0.25) is 0 Å². The first-order chi connectivity index (χ1) is 11.6. The van der Waals surface area contributed by atoms with E-state index in [0.29, 0.717) is 13.0 Å². The summed E-state index contributed by atoms with van der Waals surface area (Å²) in [5.74, 6) is 0. The lowest BCUT2D eigenvalue weighted by Crippen LogP contribution is -2.54. The van der Waals surface area contributed by atoms with Crippen molar-refractivity contribution in [1.29, 1.82) is 0 Å². The van der Waals surface area contributed by atoms with Gasteiger partial charge >= 0.3 is 6.09 Å². The molecule has 1 aliphatic heterocycles. The fourth-order valence-corrected chi connectivity index (χ4v) is 3.61. The highest BCUT2D eigenvalue weighted by molar-refractivity contribution is 6.74. The molecule has 6 heteroatoms. The number of likely N-dealkylation sites (tertiary alicyclic amines) is 1. The normalized spacial score (nSPS) is 21.4. The van der Waals surface area contributed by atoms with Crippen LogP contribution in [-0.4, -0.2) is 43.3 Å². The maximum atomic E-state index is 12.5. The van der Waals surface area contributed by atoms with Gasteiger partial charge in [0.25, 0.3) is 0 Å². The van der Waals surface area contributed by atoms with Gasteiger partial charge in [-0.1, -0.05) is 51.1 Å². The molecule has 1 aliphatic rings. The summed E-state index contributed by atoms with van der Waals surface area (Å²) in [6, 6.07) is 9.54. The molecule has 1 heterocycles. The first-order valence-corrected chi connectivity index (χ1v) is 11.8. The molecule has 1 aromatic carbocycles. The number of benzene rings is 1. The fourth-order valence-electron chi connectivity index (χ4n) is 2.58. The van der Waals surface area contributed by atoms with Crippen molar-refractivity contribution in [2.75, 3.05) is 13.2 Å². The summed E-state index contributed by atoms with van der Waals surface area (Å²) < 4.78 is 11.6. The Morgan fingerprint density at radius 1 is 1.28 bits per heavy atom. The van der Waals surface area contributed by atoms with Gasteiger partial charge in [-0.15, -0.1) is 0 Å². The quantitative estimate of drug-likeness (QED) is 0.797. The monoisotopic (exact) mass is 365 g/mol. The molecule has 1 atom stereocenters.